The zero-order valence-electron chi connectivity index (χ0n) is 8.42. The smallest absolute Gasteiger partial charge is 0.269 e. The minimum atomic E-state index is -0.390. The molecule has 0 aromatic heterocycles. The van der Waals surface area contributed by atoms with Gasteiger partial charge in [-0.3, -0.25) is 15.0 Å². The molecular formula is C10H12N2O3. The number of hydrogen-bond acceptors (Lipinski definition) is 4. The summed E-state index contributed by atoms with van der Waals surface area (Å²) in [4.78, 5) is 12.2. The zero-order chi connectivity index (χ0) is 10.8. The molecule has 1 aromatic rings. The summed E-state index contributed by atoms with van der Waals surface area (Å²) in [6.07, 6.45) is -0.148. The second-order valence-electron chi connectivity index (χ2n) is 3.56. The largest absolute Gasteiger partial charge is 0.358 e. The summed E-state index contributed by atoms with van der Waals surface area (Å²) in [5, 5.41) is 10.6. The van der Waals surface area contributed by atoms with Gasteiger partial charge in [0.1, 0.15) is 6.23 Å². The quantitative estimate of drug-likeness (QED) is 0.546. The van der Waals surface area contributed by atoms with Gasteiger partial charge in [-0.05, 0) is 7.05 Å². The average molecular weight is 208 g/mol. The lowest BCUT2D eigenvalue weighted by atomic mass is 10.1. The molecule has 5 nitrogen and oxygen atoms in total. The molecule has 1 saturated heterocycles. The number of likely N-dealkylation sites (N-methyl/N-ethyl adjacent to an activating group) is 1. The molecular weight excluding hydrogens is 196 g/mol. The van der Waals surface area contributed by atoms with E-state index in [1.165, 1.54) is 6.07 Å². The van der Waals surface area contributed by atoms with Crippen LogP contribution in [-0.4, -0.2) is 30.0 Å². The first-order chi connectivity index (χ1) is 7.18. The molecule has 1 fully saturated rings. The van der Waals surface area contributed by atoms with Crippen molar-refractivity contribution >= 4 is 5.69 Å². The molecule has 1 atom stereocenters. The lowest BCUT2D eigenvalue weighted by Crippen LogP contribution is -2.18. The van der Waals surface area contributed by atoms with Gasteiger partial charge in [-0.25, -0.2) is 0 Å². The van der Waals surface area contributed by atoms with Crippen molar-refractivity contribution in [1.29, 1.82) is 0 Å². The van der Waals surface area contributed by atoms with Crippen LogP contribution in [0.1, 0.15) is 11.8 Å². The first-order valence-corrected chi connectivity index (χ1v) is 4.74. The van der Waals surface area contributed by atoms with Crippen molar-refractivity contribution in [2.24, 2.45) is 0 Å². The van der Waals surface area contributed by atoms with Crippen molar-refractivity contribution in [3.63, 3.8) is 0 Å². The summed E-state index contributed by atoms with van der Waals surface area (Å²) < 4.78 is 5.49. The highest BCUT2D eigenvalue weighted by molar-refractivity contribution is 5.35. The van der Waals surface area contributed by atoms with E-state index in [2.05, 4.69) is 0 Å². The molecule has 1 unspecified atom stereocenters. The Morgan fingerprint density at radius 1 is 1.60 bits per heavy atom. The highest BCUT2D eigenvalue weighted by atomic mass is 16.6. The van der Waals surface area contributed by atoms with Gasteiger partial charge in [-0.1, -0.05) is 12.1 Å². The molecule has 2 rings (SSSR count). The lowest BCUT2D eigenvalue weighted by molar-refractivity contribution is -0.385. The fraction of sp³-hybridized carbons (Fsp3) is 0.400. The molecule has 0 saturated carbocycles. The predicted molar refractivity (Wildman–Crippen MR) is 54.4 cm³/mol. The van der Waals surface area contributed by atoms with Crippen LogP contribution in [0.4, 0.5) is 5.69 Å². The van der Waals surface area contributed by atoms with E-state index in [9.17, 15) is 10.1 Å². The van der Waals surface area contributed by atoms with Crippen molar-refractivity contribution in [3.8, 4) is 0 Å². The Hall–Kier alpha value is -1.46. The summed E-state index contributed by atoms with van der Waals surface area (Å²) in [6, 6.07) is 6.58. The van der Waals surface area contributed by atoms with Gasteiger partial charge in [0.2, 0.25) is 0 Å². The molecule has 0 amide bonds. The Labute approximate surface area is 87.4 Å². The van der Waals surface area contributed by atoms with Crippen LogP contribution in [0.25, 0.3) is 0 Å². The molecule has 1 aliphatic rings. The number of nitro groups is 1. The van der Waals surface area contributed by atoms with E-state index in [4.69, 9.17) is 4.74 Å². The van der Waals surface area contributed by atoms with Crippen molar-refractivity contribution in [1.82, 2.24) is 4.90 Å². The van der Waals surface area contributed by atoms with Crippen LogP contribution >= 0.6 is 0 Å². The molecule has 0 aliphatic carbocycles. The van der Waals surface area contributed by atoms with Crippen molar-refractivity contribution in [2.75, 3.05) is 20.2 Å². The maximum atomic E-state index is 10.6. The monoisotopic (exact) mass is 208 g/mol. The zero-order valence-corrected chi connectivity index (χ0v) is 8.42. The van der Waals surface area contributed by atoms with E-state index in [1.54, 1.807) is 12.1 Å². The molecule has 1 heterocycles. The number of nitrogens with zero attached hydrogens (tertiary/aromatic N) is 2. The van der Waals surface area contributed by atoms with E-state index in [0.717, 1.165) is 12.1 Å². The van der Waals surface area contributed by atoms with Crippen LogP contribution in [0, 0.1) is 10.1 Å². The van der Waals surface area contributed by atoms with Crippen LogP contribution in [0.2, 0.25) is 0 Å². The fourth-order valence-electron chi connectivity index (χ4n) is 1.70. The molecule has 0 N–H and O–H groups in total. The van der Waals surface area contributed by atoms with Crippen molar-refractivity contribution < 1.29 is 9.66 Å². The van der Waals surface area contributed by atoms with Crippen LogP contribution in [0.5, 0.6) is 0 Å². The lowest BCUT2D eigenvalue weighted by Gasteiger charge is -2.17. The molecule has 0 radical (unpaired) electrons. The van der Waals surface area contributed by atoms with E-state index in [1.807, 2.05) is 18.0 Å². The number of hydrogen-bond donors (Lipinski definition) is 0. The minimum absolute atomic E-state index is 0.108. The Morgan fingerprint density at radius 2 is 2.40 bits per heavy atom. The highest BCUT2D eigenvalue weighted by Crippen LogP contribution is 2.27. The van der Waals surface area contributed by atoms with Gasteiger partial charge in [-0.2, -0.15) is 0 Å². The second kappa shape index (κ2) is 3.96. The Bertz CT molecular complexity index is 381. The van der Waals surface area contributed by atoms with Gasteiger partial charge in [0, 0.05) is 24.2 Å². The summed E-state index contributed by atoms with van der Waals surface area (Å²) >= 11 is 0. The van der Waals surface area contributed by atoms with Gasteiger partial charge in [-0.15, -0.1) is 0 Å². The number of benzene rings is 1. The van der Waals surface area contributed by atoms with Crippen LogP contribution in [0.3, 0.4) is 0 Å². The van der Waals surface area contributed by atoms with Crippen LogP contribution in [-0.2, 0) is 4.74 Å². The first kappa shape index (κ1) is 10.1. The van der Waals surface area contributed by atoms with E-state index >= 15 is 0 Å². The third-order valence-electron chi connectivity index (χ3n) is 2.49. The van der Waals surface area contributed by atoms with Crippen molar-refractivity contribution in [3.05, 3.63) is 39.9 Å². The Kier molecular flexibility index (Phi) is 2.66. The predicted octanol–water partition coefficient (Wildman–Crippen LogP) is 1.56. The first-order valence-electron chi connectivity index (χ1n) is 4.74. The highest BCUT2D eigenvalue weighted by Gasteiger charge is 2.24. The van der Waals surface area contributed by atoms with E-state index in [-0.39, 0.29) is 11.9 Å². The molecule has 1 aliphatic heterocycles. The molecule has 1 aromatic carbocycles. The van der Waals surface area contributed by atoms with Gasteiger partial charge in [0.05, 0.1) is 11.5 Å². The third kappa shape index (κ3) is 1.98. The van der Waals surface area contributed by atoms with E-state index < -0.39 is 4.92 Å². The Morgan fingerprint density at radius 3 is 3.00 bits per heavy atom. The molecule has 0 spiro atoms. The minimum Gasteiger partial charge on any atom is -0.358 e. The third-order valence-corrected chi connectivity index (χ3v) is 2.49. The second-order valence-corrected chi connectivity index (χ2v) is 3.56. The number of ether oxygens (including phenoxy) is 1. The molecule has 5 heteroatoms. The Balaban J connectivity index is 2.28. The SMILES string of the molecule is CN1CCOC1c1cccc([N+](=O)[O-])c1. The van der Waals surface area contributed by atoms with E-state index in [0.29, 0.717) is 6.61 Å². The summed E-state index contributed by atoms with van der Waals surface area (Å²) in [5.74, 6) is 0. The molecule has 15 heavy (non-hydrogen) atoms. The standard InChI is InChI=1S/C10H12N2O3/c1-11-5-6-15-10(11)8-3-2-4-9(7-8)12(13)14/h2-4,7,10H,5-6H2,1H3. The van der Waals surface area contributed by atoms with Gasteiger partial charge in [0.25, 0.3) is 5.69 Å². The maximum Gasteiger partial charge on any atom is 0.269 e. The normalized spacial score (nSPS) is 21.8. The topological polar surface area (TPSA) is 55.6 Å². The summed E-state index contributed by atoms with van der Waals surface area (Å²) in [5.41, 5.74) is 0.945. The summed E-state index contributed by atoms with van der Waals surface area (Å²) in [7, 11) is 1.94. The molecule has 80 valence electrons. The van der Waals surface area contributed by atoms with Crippen LogP contribution < -0.4 is 0 Å². The maximum absolute atomic E-state index is 10.6. The number of rotatable bonds is 2. The molecule has 0 bridgehead atoms. The average Bonchev–Trinajstić information content (AvgIpc) is 2.64. The summed E-state index contributed by atoms with van der Waals surface area (Å²) in [6.45, 7) is 1.53. The fourth-order valence-corrected chi connectivity index (χ4v) is 1.70. The van der Waals surface area contributed by atoms with Gasteiger partial charge < -0.3 is 4.74 Å². The number of non-ortho nitro benzene ring substituents is 1. The van der Waals surface area contributed by atoms with Gasteiger partial charge >= 0.3 is 0 Å². The number of nitro benzene ring substituents is 1. The van der Waals surface area contributed by atoms with Gasteiger partial charge in [0.15, 0.2) is 0 Å². The van der Waals surface area contributed by atoms with Crippen LogP contribution in [0.15, 0.2) is 24.3 Å². The van der Waals surface area contributed by atoms with Crippen molar-refractivity contribution in [2.45, 2.75) is 6.23 Å².